The lowest BCUT2D eigenvalue weighted by atomic mass is 10.1. The predicted molar refractivity (Wildman–Crippen MR) is 114 cm³/mol. The standard InChI is InChI=1S/C22H27N3O5/c1-28-18-7-5-17(6-8-18)25-13-12-24(22(25)27)15-21(26)23-11-10-16-4-9-19(29-2)20(14-16)30-3/h4-9,14H,10-13,15H2,1-3H3,(H,23,26). The van der Waals surface area contributed by atoms with Gasteiger partial charge >= 0.3 is 6.03 Å². The van der Waals surface area contributed by atoms with Crippen molar-refractivity contribution in [1.29, 1.82) is 0 Å². The minimum Gasteiger partial charge on any atom is -0.497 e. The molecule has 0 aromatic heterocycles. The zero-order valence-electron chi connectivity index (χ0n) is 17.5. The van der Waals surface area contributed by atoms with Crippen molar-refractivity contribution in [3.05, 3.63) is 48.0 Å². The first kappa shape index (κ1) is 21.3. The number of carbonyl (C=O) groups excluding carboxylic acids is 2. The monoisotopic (exact) mass is 413 g/mol. The van der Waals surface area contributed by atoms with Crippen molar-refractivity contribution >= 4 is 17.6 Å². The molecule has 0 aliphatic carbocycles. The van der Waals surface area contributed by atoms with Crippen LogP contribution < -0.4 is 24.4 Å². The van der Waals surface area contributed by atoms with E-state index in [1.54, 1.807) is 31.1 Å². The summed E-state index contributed by atoms with van der Waals surface area (Å²) in [6.07, 6.45) is 0.651. The van der Waals surface area contributed by atoms with Gasteiger partial charge in [0, 0.05) is 25.3 Å². The molecule has 0 saturated carbocycles. The molecule has 0 bridgehead atoms. The Bertz CT molecular complexity index is 885. The van der Waals surface area contributed by atoms with Crippen molar-refractivity contribution < 1.29 is 23.8 Å². The number of rotatable bonds is 9. The average molecular weight is 413 g/mol. The summed E-state index contributed by atoms with van der Waals surface area (Å²) in [5, 5.41) is 2.87. The minimum atomic E-state index is -0.180. The second-order valence-electron chi connectivity index (χ2n) is 6.84. The number of nitrogens with one attached hydrogen (secondary N) is 1. The van der Waals surface area contributed by atoms with Crippen molar-refractivity contribution in [3.8, 4) is 17.2 Å². The molecular weight excluding hydrogens is 386 g/mol. The van der Waals surface area contributed by atoms with E-state index in [0.717, 1.165) is 17.0 Å². The number of anilines is 1. The summed E-state index contributed by atoms with van der Waals surface area (Å²) in [4.78, 5) is 28.2. The van der Waals surface area contributed by atoms with E-state index in [1.807, 2.05) is 42.5 Å². The van der Waals surface area contributed by atoms with Gasteiger partial charge in [0.1, 0.15) is 12.3 Å². The molecule has 160 valence electrons. The Morgan fingerprint density at radius 1 is 0.967 bits per heavy atom. The number of urea groups is 1. The lowest BCUT2D eigenvalue weighted by Gasteiger charge is -2.18. The topological polar surface area (TPSA) is 80.3 Å². The van der Waals surface area contributed by atoms with Gasteiger partial charge in [-0.3, -0.25) is 9.69 Å². The molecule has 30 heavy (non-hydrogen) atoms. The Morgan fingerprint density at radius 3 is 2.37 bits per heavy atom. The molecule has 1 fully saturated rings. The Labute approximate surface area is 176 Å². The van der Waals surface area contributed by atoms with Gasteiger partial charge in [0.2, 0.25) is 5.91 Å². The van der Waals surface area contributed by atoms with Crippen molar-refractivity contribution in [1.82, 2.24) is 10.2 Å². The summed E-state index contributed by atoms with van der Waals surface area (Å²) in [5.41, 5.74) is 1.81. The summed E-state index contributed by atoms with van der Waals surface area (Å²) >= 11 is 0. The van der Waals surface area contributed by atoms with Gasteiger partial charge in [0.05, 0.1) is 21.3 Å². The Balaban J connectivity index is 1.47. The Kier molecular flexibility index (Phi) is 7.00. The molecule has 8 nitrogen and oxygen atoms in total. The zero-order chi connectivity index (χ0) is 21.5. The first-order valence-corrected chi connectivity index (χ1v) is 9.73. The maximum Gasteiger partial charge on any atom is 0.325 e. The van der Waals surface area contributed by atoms with Crippen molar-refractivity contribution in [3.63, 3.8) is 0 Å². The lowest BCUT2D eigenvalue weighted by molar-refractivity contribution is -0.121. The summed E-state index contributed by atoms with van der Waals surface area (Å²) in [7, 11) is 4.78. The number of nitrogens with zero attached hydrogens (tertiary/aromatic N) is 2. The quantitative estimate of drug-likeness (QED) is 0.682. The first-order valence-electron chi connectivity index (χ1n) is 9.73. The van der Waals surface area contributed by atoms with Gasteiger partial charge in [0.15, 0.2) is 11.5 Å². The number of amides is 3. The maximum atomic E-state index is 12.6. The van der Waals surface area contributed by atoms with Gasteiger partial charge in [-0.05, 0) is 48.4 Å². The van der Waals surface area contributed by atoms with E-state index in [4.69, 9.17) is 14.2 Å². The molecule has 1 saturated heterocycles. The third kappa shape index (κ3) is 4.94. The molecule has 2 aromatic carbocycles. The van der Waals surface area contributed by atoms with E-state index >= 15 is 0 Å². The fourth-order valence-corrected chi connectivity index (χ4v) is 3.34. The van der Waals surface area contributed by atoms with E-state index in [1.165, 1.54) is 0 Å². The molecule has 0 spiro atoms. The third-order valence-corrected chi connectivity index (χ3v) is 5.00. The minimum absolute atomic E-state index is 0.0391. The molecule has 1 aliphatic heterocycles. The normalized spacial score (nSPS) is 13.4. The molecule has 1 aliphatic rings. The largest absolute Gasteiger partial charge is 0.497 e. The predicted octanol–water partition coefficient (Wildman–Crippen LogP) is 2.31. The van der Waals surface area contributed by atoms with Crippen LogP contribution in [-0.2, 0) is 11.2 Å². The number of carbonyl (C=O) groups is 2. The van der Waals surface area contributed by atoms with Crippen LogP contribution in [-0.4, -0.2) is 64.3 Å². The van der Waals surface area contributed by atoms with Crippen LogP contribution in [0.15, 0.2) is 42.5 Å². The van der Waals surface area contributed by atoms with Crippen molar-refractivity contribution in [2.24, 2.45) is 0 Å². The average Bonchev–Trinajstić information content (AvgIpc) is 3.13. The highest BCUT2D eigenvalue weighted by Gasteiger charge is 2.30. The molecular formula is C22H27N3O5. The fourth-order valence-electron chi connectivity index (χ4n) is 3.34. The van der Waals surface area contributed by atoms with Crippen LogP contribution in [0.2, 0.25) is 0 Å². The number of hydrogen-bond acceptors (Lipinski definition) is 5. The highest BCUT2D eigenvalue weighted by molar-refractivity contribution is 5.96. The molecule has 0 radical (unpaired) electrons. The zero-order valence-corrected chi connectivity index (χ0v) is 17.5. The second-order valence-corrected chi connectivity index (χ2v) is 6.84. The summed E-state index contributed by atoms with van der Waals surface area (Å²) < 4.78 is 15.7. The molecule has 1 N–H and O–H groups in total. The van der Waals surface area contributed by atoms with Gasteiger partial charge in [-0.25, -0.2) is 4.79 Å². The van der Waals surface area contributed by atoms with Crippen LogP contribution in [0.1, 0.15) is 5.56 Å². The maximum absolute atomic E-state index is 12.6. The highest BCUT2D eigenvalue weighted by Crippen LogP contribution is 2.27. The number of benzene rings is 2. The van der Waals surface area contributed by atoms with Crippen LogP contribution in [0.4, 0.5) is 10.5 Å². The van der Waals surface area contributed by atoms with Gasteiger partial charge in [-0.2, -0.15) is 0 Å². The summed E-state index contributed by atoms with van der Waals surface area (Å²) in [6, 6.07) is 12.8. The van der Waals surface area contributed by atoms with Gasteiger partial charge in [-0.15, -0.1) is 0 Å². The SMILES string of the molecule is COc1ccc(N2CCN(CC(=O)NCCc3ccc(OC)c(OC)c3)C2=O)cc1. The van der Waals surface area contributed by atoms with Crippen molar-refractivity contribution in [2.75, 3.05) is 52.4 Å². The molecule has 3 rings (SSSR count). The van der Waals surface area contributed by atoms with Crippen LogP contribution >= 0.6 is 0 Å². The Morgan fingerprint density at radius 2 is 1.70 bits per heavy atom. The molecule has 3 amide bonds. The molecule has 0 unspecified atom stereocenters. The molecule has 2 aromatic rings. The lowest BCUT2D eigenvalue weighted by Crippen LogP contribution is -2.40. The van der Waals surface area contributed by atoms with E-state index in [2.05, 4.69) is 5.32 Å². The van der Waals surface area contributed by atoms with Crippen LogP contribution in [0.25, 0.3) is 0 Å². The number of hydrogen-bond donors (Lipinski definition) is 1. The smallest absolute Gasteiger partial charge is 0.325 e. The first-order chi connectivity index (χ1) is 14.5. The molecule has 0 atom stereocenters. The molecule has 8 heteroatoms. The van der Waals surface area contributed by atoms with E-state index in [-0.39, 0.29) is 18.5 Å². The van der Waals surface area contributed by atoms with Crippen LogP contribution in [0.3, 0.4) is 0 Å². The highest BCUT2D eigenvalue weighted by atomic mass is 16.5. The Hall–Kier alpha value is -3.42. The molecule has 1 heterocycles. The van der Waals surface area contributed by atoms with E-state index in [9.17, 15) is 9.59 Å². The summed E-state index contributed by atoms with van der Waals surface area (Å²) in [6.45, 7) is 1.56. The second kappa shape index (κ2) is 9.87. The third-order valence-electron chi connectivity index (χ3n) is 5.00. The van der Waals surface area contributed by atoms with Gasteiger partial charge < -0.3 is 24.4 Å². The van der Waals surface area contributed by atoms with Gasteiger partial charge in [-0.1, -0.05) is 6.07 Å². The van der Waals surface area contributed by atoms with E-state index in [0.29, 0.717) is 37.6 Å². The van der Waals surface area contributed by atoms with E-state index < -0.39 is 0 Å². The van der Waals surface area contributed by atoms with Gasteiger partial charge in [0.25, 0.3) is 0 Å². The number of methoxy groups -OCH3 is 3. The number of ether oxygens (including phenoxy) is 3. The van der Waals surface area contributed by atoms with Crippen LogP contribution in [0, 0.1) is 0 Å². The van der Waals surface area contributed by atoms with Crippen molar-refractivity contribution in [2.45, 2.75) is 6.42 Å². The fraction of sp³-hybridized carbons (Fsp3) is 0.364. The van der Waals surface area contributed by atoms with Crippen LogP contribution in [0.5, 0.6) is 17.2 Å². The summed E-state index contributed by atoms with van der Waals surface area (Å²) in [5.74, 6) is 1.87.